The van der Waals surface area contributed by atoms with Crippen molar-refractivity contribution in [2.75, 3.05) is 43.5 Å². The van der Waals surface area contributed by atoms with Crippen LogP contribution in [0.25, 0.3) is 0 Å². The van der Waals surface area contributed by atoms with E-state index >= 15 is 0 Å². The molecule has 1 aromatic rings. The maximum absolute atomic E-state index is 5.81. The molecule has 0 aliphatic carbocycles. The lowest BCUT2D eigenvalue weighted by atomic mass is 10.3. The van der Waals surface area contributed by atoms with Gasteiger partial charge >= 0.3 is 0 Å². The quantitative estimate of drug-likeness (QED) is 0.794. The highest BCUT2D eigenvalue weighted by atomic mass is 79.9. The molecule has 0 bridgehead atoms. The van der Waals surface area contributed by atoms with Crippen LogP contribution in [0.3, 0.4) is 0 Å². The van der Waals surface area contributed by atoms with Crippen LogP contribution in [0.2, 0.25) is 0 Å². The summed E-state index contributed by atoms with van der Waals surface area (Å²) >= 11 is 9.30. The number of hydrogen-bond donors (Lipinski definition) is 0. The van der Waals surface area contributed by atoms with Crippen LogP contribution in [0.5, 0.6) is 0 Å². The minimum absolute atomic E-state index is 0.718. The normalized spacial score (nSPS) is 17.8. The van der Waals surface area contributed by atoms with Gasteiger partial charge in [-0.05, 0) is 47.4 Å². The molecule has 0 spiro atoms. The molecule has 0 unspecified atom stereocenters. The predicted octanol–water partition coefficient (Wildman–Crippen LogP) is 2.90. The summed E-state index contributed by atoms with van der Waals surface area (Å²) in [6.45, 7) is 7.41. The van der Waals surface area contributed by atoms with Crippen molar-refractivity contribution in [3.8, 4) is 0 Å². The van der Waals surface area contributed by atoms with E-state index in [0.717, 1.165) is 48.9 Å². The first kappa shape index (κ1) is 14.1. The lowest BCUT2D eigenvalue weighted by Gasteiger charge is -2.22. The first-order valence-corrected chi connectivity index (χ1v) is 7.69. The van der Waals surface area contributed by atoms with Crippen molar-refractivity contribution in [3.05, 3.63) is 22.3 Å². The summed E-state index contributed by atoms with van der Waals surface area (Å²) in [5.74, 6) is 1.80. The number of rotatable bonds is 3. The molecule has 1 saturated heterocycles. The molecular weight excluding hydrogens is 314 g/mol. The minimum atomic E-state index is 0.718. The highest BCUT2D eigenvalue weighted by Crippen LogP contribution is 2.21. The van der Waals surface area contributed by atoms with Crippen molar-refractivity contribution < 1.29 is 0 Å². The lowest BCUT2D eigenvalue weighted by molar-refractivity contribution is 0.311. The van der Waals surface area contributed by atoms with E-state index in [9.17, 15) is 0 Å². The van der Waals surface area contributed by atoms with Gasteiger partial charge in [0.1, 0.15) is 5.82 Å². The van der Waals surface area contributed by atoms with Gasteiger partial charge in [-0.3, -0.25) is 0 Å². The Bertz CT molecular complexity index is 400. The van der Waals surface area contributed by atoms with Crippen LogP contribution < -0.4 is 4.90 Å². The molecule has 1 aliphatic rings. The zero-order valence-corrected chi connectivity index (χ0v) is 13.0. The molecule has 2 heterocycles. The Hall–Kier alpha value is -0.320. The van der Waals surface area contributed by atoms with E-state index in [2.05, 4.69) is 43.7 Å². The van der Waals surface area contributed by atoms with E-state index in [1.165, 1.54) is 12.0 Å². The fourth-order valence-electron chi connectivity index (χ4n) is 2.24. The smallest absolute Gasteiger partial charge is 0.128 e. The highest BCUT2D eigenvalue weighted by molar-refractivity contribution is 9.10. The fourth-order valence-corrected chi connectivity index (χ4v) is 2.70. The topological polar surface area (TPSA) is 19.4 Å². The van der Waals surface area contributed by atoms with E-state index in [1.54, 1.807) is 0 Å². The lowest BCUT2D eigenvalue weighted by Crippen LogP contribution is -2.32. The van der Waals surface area contributed by atoms with Crippen molar-refractivity contribution in [1.82, 2.24) is 9.88 Å². The Morgan fingerprint density at radius 2 is 2.17 bits per heavy atom. The van der Waals surface area contributed by atoms with Crippen LogP contribution in [0.4, 0.5) is 5.82 Å². The molecule has 0 radical (unpaired) electrons. The molecule has 5 heteroatoms. The summed E-state index contributed by atoms with van der Waals surface area (Å²) < 4.78 is 1.07. The van der Waals surface area contributed by atoms with Crippen molar-refractivity contribution in [2.45, 2.75) is 13.3 Å². The average Bonchev–Trinajstić information content (AvgIpc) is 2.59. The second-order valence-electron chi connectivity index (χ2n) is 4.66. The van der Waals surface area contributed by atoms with Crippen LogP contribution in [0.15, 0.2) is 16.7 Å². The maximum atomic E-state index is 5.81. The van der Waals surface area contributed by atoms with Crippen molar-refractivity contribution >= 4 is 33.3 Å². The molecule has 3 nitrogen and oxygen atoms in total. The van der Waals surface area contributed by atoms with E-state index in [4.69, 9.17) is 11.6 Å². The van der Waals surface area contributed by atoms with Gasteiger partial charge in [0.2, 0.25) is 0 Å². The van der Waals surface area contributed by atoms with Gasteiger partial charge < -0.3 is 9.80 Å². The van der Waals surface area contributed by atoms with E-state index in [0.29, 0.717) is 0 Å². The summed E-state index contributed by atoms with van der Waals surface area (Å²) in [5, 5.41) is 0. The van der Waals surface area contributed by atoms with Gasteiger partial charge in [0.25, 0.3) is 0 Å². The summed E-state index contributed by atoms with van der Waals surface area (Å²) in [7, 11) is 0. The molecular formula is C13H19BrClN3. The van der Waals surface area contributed by atoms with Gasteiger partial charge in [0.15, 0.2) is 0 Å². The number of anilines is 1. The molecule has 1 fully saturated rings. The number of pyridine rings is 1. The molecule has 1 aliphatic heterocycles. The Labute approximate surface area is 122 Å². The number of hydrogen-bond acceptors (Lipinski definition) is 3. The van der Waals surface area contributed by atoms with Gasteiger partial charge in [-0.15, -0.1) is 11.6 Å². The predicted molar refractivity (Wildman–Crippen MR) is 80.7 cm³/mol. The first-order valence-electron chi connectivity index (χ1n) is 6.36. The Morgan fingerprint density at radius 3 is 2.89 bits per heavy atom. The molecule has 1 aromatic heterocycles. The molecule has 0 amide bonds. The molecule has 18 heavy (non-hydrogen) atoms. The number of nitrogens with zero attached hydrogens (tertiary/aromatic N) is 3. The van der Waals surface area contributed by atoms with Crippen molar-refractivity contribution in [1.29, 1.82) is 0 Å². The van der Waals surface area contributed by atoms with Crippen LogP contribution in [-0.2, 0) is 0 Å². The second-order valence-corrected chi connectivity index (χ2v) is 5.90. The molecule has 0 aromatic carbocycles. The third kappa shape index (κ3) is 3.59. The summed E-state index contributed by atoms with van der Waals surface area (Å²) in [6.07, 6.45) is 3.07. The Kier molecular flexibility index (Phi) is 5.27. The number of aromatic nitrogens is 1. The third-order valence-electron chi connectivity index (χ3n) is 3.35. The van der Waals surface area contributed by atoms with E-state index < -0.39 is 0 Å². The molecule has 100 valence electrons. The second kappa shape index (κ2) is 6.73. The fraction of sp³-hybridized carbons (Fsp3) is 0.615. The minimum Gasteiger partial charge on any atom is -0.355 e. The van der Waals surface area contributed by atoms with Crippen LogP contribution in [-0.4, -0.2) is 48.5 Å². The molecule has 0 N–H and O–H groups in total. The highest BCUT2D eigenvalue weighted by Gasteiger charge is 2.15. The van der Waals surface area contributed by atoms with Gasteiger partial charge in [0, 0.05) is 42.7 Å². The monoisotopic (exact) mass is 331 g/mol. The Morgan fingerprint density at radius 1 is 1.33 bits per heavy atom. The summed E-state index contributed by atoms with van der Waals surface area (Å²) in [6, 6.07) is 2.15. The van der Waals surface area contributed by atoms with Crippen LogP contribution in [0.1, 0.15) is 12.0 Å². The third-order valence-corrected chi connectivity index (χ3v) is 4.34. The van der Waals surface area contributed by atoms with E-state index in [-0.39, 0.29) is 0 Å². The van der Waals surface area contributed by atoms with Crippen molar-refractivity contribution in [3.63, 3.8) is 0 Å². The Balaban J connectivity index is 2.02. The van der Waals surface area contributed by atoms with Gasteiger partial charge in [-0.2, -0.15) is 0 Å². The number of halogens is 2. The first-order chi connectivity index (χ1) is 8.70. The maximum Gasteiger partial charge on any atom is 0.128 e. The van der Waals surface area contributed by atoms with Gasteiger partial charge in [-0.25, -0.2) is 4.98 Å². The molecule has 0 atom stereocenters. The standard InChI is InChI=1S/C13H19BrClN3/c1-11-9-13(16-10-12(11)14)18-5-2-4-17(6-3-15)7-8-18/h9-10H,2-8H2,1H3. The average molecular weight is 333 g/mol. The number of alkyl halides is 1. The van der Waals surface area contributed by atoms with Crippen LogP contribution >= 0.6 is 27.5 Å². The van der Waals surface area contributed by atoms with Crippen LogP contribution in [0, 0.1) is 6.92 Å². The summed E-state index contributed by atoms with van der Waals surface area (Å²) in [4.78, 5) is 9.31. The summed E-state index contributed by atoms with van der Waals surface area (Å²) in [5.41, 5.74) is 1.24. The number of aryl methyl sites for hydroxylation is 1. The van der Waals surface area contributed by atoms with Gasteiger partial charge in [0.05, 0.1) is 0 Å². The molecule has 0 saturated carbocycles. The zero-order valence-electron chi connectivity index (χ0n) is 10.7. The largest absolute Gasteiger partial charge is 0.355 e. The molecule has 2 rings (SSSR count). The van der Waals surface area contributed by atoms with E-state index in [1.807, 2.05) is 6.20 Å². The SMILES string of the molecule is Cc1cc(N2CCCN(CCCl)CC2)ncc1Br. The van der Waals surface area contributed by atoms with Gasteiger partial charge in [-0.1, -0.05) is 0 Å². The zero-order chi connectivity index (χ0) is 13.0. The van der Waals surface area contributed by atoms with Crippen molar-refractivity contribution in [2.24, 2.45) is 0 Å².